The average molecular weight is 524 g/mol. The van der Waals surface area contributed by atoms with Gasteiger partial charge >= 0.3 is 47.7 Å². The van der Waals surface area contributed by atoms with Crippen molar-refractivity contribution in [3.63, 3.8) is 0 Å². The van der Waals surface area contributed by atoms with E-state index in [-0.39, 0.29) is 0 Å². The Morgan fingerprint density at radius 2 is 0.879 bits per heavy atom. The van der Waals surface area contributed by atoms with Gasteiger partial charge < -0.3 is 4.74 Å². The molecule has 1 aromatic rings. The number of hydrogen-bond donors (Lipinski definition) is 0. The first-order chi connectivity index (χ1) is 14.4. The van der Waals surface area contributed by atoms with Crippen molar-refractivity contribution in [3.8, 4) is 5.75 Å². The summed E-state index contributed by atoms with van der Waals surface area (Å²) in [4.78, 5) is 0. The number of benzene rings is 1. The third-order valence-corrected chi connectivity index (χ3v) is 3.73. The Morgan fingerprint density at radius 1 is 0.515 bits per heavy atom. The standard InChI is InChI=1S/C15H5F17O/c16-7(8(17)33-6-4-2-1-3-5-6)9(18,19)10(20,21)11(22,23)12(24,25)13(26,27)14(28,29)15(30,31)32/h1-5H. The molecule has 18 heteroatoms. The molecule has 0 saturated carbocycles. The van der Waals surface area contributed by atoms with Crippen LogP contribution < -0.4 is 4.74 Å². The van der Waals surface area contributed by atoms with Gasteiger partial charge in [0.2, 0.25) is 5.83 Å². The first-order valence-corrected chi connectivity index (χ1v) is 7.53. The fraction of sp³-hybridized carbons (Fsp3) is 0.467. The maximum atomic E-state index is 13.5. The number of para-hydroxylation sites is 1. The predicted molar refractivity (Wildman–Crippen MR) is 72.0 cm³/mol. The van der Waals surface area contributed by atoms with Crippen molar-refractivity contribution in [2.45, 2.75) is 41.7 Å². The maximum absolute atomic E-state index is 13.5. The van der Waals surface area contributed by atoms with Crippen molar-refractivity contribution in [3.05, 3.63) is 42.2 Å². The summed E-state index contributed by atoms with van der Waals surface area (Å²) in [6, 6.07) is 0.789. The van der Waals surface area contributed by atoms with Crippen molar-refractivity contribution in [2.24, 2.45) is 0 Å². The van der Waals surface area contributed by atoms with Gasteiger partial charge in [-0.2, -0.15) is 74.6 Å². The molecule has 0 aromatic heterocycles. The van der Waals surface area contributed by atoms with Gasteiger partial charge in [0.05, 0.1) is 0 Å². The molecule has 0 aliphatic heterocycles. The van der Waals surface area contributed by atoms with Crippen LogP contribution in [0.1, 0.15) is 0 Å². The zero-order valence-electron chi connectivity index (χ0n) is 14.7. The monoisotopic (exact) mass is 524 g/mol. The second-order valence-corrected chi connectivity index (χ2v) is 5.95. The molecule has 190 valence electrons. The Balaban J connectivity index is 3.58. The smallest absolute Gasteiger partial charge is 0.430 e. The minimum Gasteiger partial charge on any atom is -0.430 e. The van der Waals surface area contributed by atoms with Gasteiger partial charge in [-0.3, -0.25) is 0 Å². The van der Waals surface area contributed by atoms with Gasteiger partial charge in [-0.25, -0.2) is 0 Å². The van der Waals surface area contributed by atoms with Gasteiger partial charge in [0, 0.05) is 0 Å². The van der Waals surface area contributed by atoms with Crippen LogP contribution in [-0.2, 0) is 0 Å². The molecule has 0 fully saturated rings. The number of halogens is 17. The predicted octanol–water partition coefficient (Wildman–Crippen LogP) is 7.55. The van der Waals surface area contributed by atoms with Gasteiger partial charge in [0.25, 0.3) is 0 Å². The Morgan fingerprint density at radius 3 is 1.27 bits per heavy atom. The lowest BCUT2D eigenvalue weighted by Gasteiger charge is -2.41. The average Bonchev–Trinajstić information content (AvgIpc) is 2.66. The number of ether oxygens (including phenoxy) is 1. The zero-order valence-corrected chi connectivity index (χ0v) is 14.7. The fourth-order valence-electron chi connectivity index (χ4n) is 1.86. The minimum absolute atomic E-state index is 0.631. The number of alkyl halides is 15. The van der Waals surface area contributed by atoms with Crippen LogP contribution >= 0.6 is 0 Å². The summed E-state index contributed by atoms with van der Waals surface area (Å²) in [6.45, 7) is 0. The Kier molecular flexibility index (Phi) is 7.03. The molecule has 0 bridgehead atoms. The molecule has 0 N–H and O–H groups in total. The van der Waals surface area contributed by atoms with Crippen molar-refractivity contribution < 1.29 is 79.4 Å². The molecule has 0 saturated heterocycles. The molecular weight excluding hydrogens is 519 g/mol. The summed E-state index contributed by atoms with van der Waals surface area (Å²) < 4.78 is 225. The maximum Gasteiger partial charge on any atom is 0.460 e. The molecule has 0 atom stereocenters. The van der Waals surface area contributed by atoms with E-state index < -0.39 is 59.3 Å². The molecule has 33 heavy (non-hydrogen) atoms. The van der Waals surface area contributed by atoms with Crippen LogP contribution in [0.3, 0.4) is 0 Å². The zero-order chi connectivity index (χ0) is 26.5. The van der Waals surface area contributed by atoms with E-state index in [0.29, 0.717) is 12.1 Å². The molecule has 1 nitrogen and oxygen atoms in total. The second-order valence-electron chi connectivity index (χ2n) is 5.95. The van der Waals surface area contributed by atoms with E-state index in [1.807, 2.05) is 0 Å². The second kappa shape index (κ2) is 8.11. The van der Waals surface area contributed by atoms with Crippen molar-refractivity contribution in [1.29, 1.82) is 0 Å². The van der Waals surface area contributed by atoms with Crippen LogP contribution in [0.25, 0.3) is 0 Å². The van der Waals surface area contributed by atoms with E-state index in [1.54, 1.807) is 0 Å². The summed E-state index contributed by atoms with van der Waals surface area (Å²) in [5.41, 5.74) is 0. The fourth-order valence-corrected chi connectivity index (χ4v) is 1.86. The highest BCUT2D eigenvalue weighted by atomic mass is 19.4. The van der Waals surface area contributed by atoms with Gasteiger partial charge in [-0.05, 0) is 12.1 Å². The molecule has 1 aromatic carbocycles. The highest BCUT2D eigenvalue weighted by molar-refractivity contribution is 5.25. The molecule has 0 heterocycles. The Hall–Kier alpha value is -2.43. The summed E-state index contributed by atoms with van der Waals surface area (Å²) in [7, 11) is 0. The molecule has 1 rings (SSSR count). The van der Waals surface area contributed by atoms with E-state index in [2.05, 4.69) is 4.74 Å². The van der Waals surface area contributed by atoms with Gasteiger partial charge in [0.15, 0.2) is 0 Å². The topological polar surface area (TPSA) is 9.23 Å². The lowest BCUT2D eigenvalue weighted by Crippen LogP contribution is -2.72. The van der Waals surface area contributed by atoms with Crippen LogP contribution in [0.15, 0.2) is 42.2 Å². The molecule has 0 aliphatic rings. The van der Waals surface area contributed by atoms with Gasteiger partial charge in [0.1, 0.15) is 5.75 Å². The van der Waals surface area contributed by atoms with E-state index in [1.165, 1.54) is 0 Å². The van der Waals surface area contributed by atoms with E-state index in [4.69, 9.17) is 0 Å². The van der Waals surface area contributed by atoms with Crippen LogP contribution in [0, 0.1) is 0 Å². The molecule has 0 unspecified atom stereocenters. The lowest BCUT2D eigenvalue weighted by atomic mass is 9.91. The van der Waals surface area contributed by atoms with Gasteiger partial charge in [-0.15, -0.1) is 0 Å². The third kappa shape index (κ3) is 4.15. The normalized spacial score (nSPS) is 15.9. The quantitative estimate of drug-likeness (QED) is 0.252. The highest BCUT2D eigenvalue weighted by Gasteiger charge is 2.93. The number of rotatable bonds is 8. The molecular formula is C15H5F17O. The molecule has 0 aliphatic carbocycles. The SMILES string of the molecule is FC(Oc1ccccc1)=C(F)C(F)(F)C(F)(F)C(F)(F)C(F)(F)C(F)(F)C(F)(F)C(F)(F)F. The van der Waals surface area contributed by atoms with E-state index in [0.717, 1.165) is 18.2 Å². The summed E-state index contributed by atoms with van der Waals surface area (Å²) >= 11 is 0. The number of hydrogen-bond acceptors (Lipinski definition) is 1. The summed E-state index contributed by atoms with van der Waals surface area (Å²) in [5, 5.41) is 0. The Labute approximate surface area is 170 Å². The van der Waals surface area contributed by atoms with E-state index >= 15 is 0 Å². The largest absolute Gasteiger partial charge is 0.460 e. The van der Waals surface area contributed by atoms with Crippen molar-refractivity contribution in [2.75, 3.05) is 0 Å². The third-order valence-electron chi connectivity index (χ3n) is 3.73. The van der Waals surface area contributed by atoms with E-state index in [9.17, 15) is 74.6 Å². The highest BCUT2D eigenvalue weighted by Crippen LogP contribution is 2.63. The lowest BCUT2D eigenvalue weighted by molar-refractivity contribution is -0.451. The van der Waals surface area contributed by atoms with Crippen molar-refractivity contribution in [1.82, 2.24) is 0 Å². The summed E-state index contributed by atoms with van der Waals surface area (Å²) in [6.07, 6.45) is -7.77. The van der Waals surface area contributed by atoms with Crippen molar-refractivity contribution >= 4 is 0 Å². The van der Waals surface area contributed by atoms with Crippen LogP contribution in [0.4, 0.5) is 74.6 Å². The van der Waals surface area contributed by atoms with Crippen LogP contribution in [0.2, 0.25) is 0 Å². The first-order valence-electron chi connectivity index (χ1n) is 7.53. The molecule has 0 radical (unpaired) electrons. The molecule has 0 spiro atoms. The first kappa shape index (κ1) is 28.6. The molecule has 0 amide bonds. The minimum atomic E-state index is -8.61. The Bertz CT molecular complexity index is 868. The number of allylic oxidation sites excluding steroid dienone is 1. The van der Waals surface area contributed by atoms with Gasteiger partial charge in [-0.1, -0.05) is 18.2 Å². The van der Waals surface area contributed by atoms with Crippen LogP contribution in [-0.4, -0.2) is 41.7 Å². The van der Waals surface area contributed by atoms with Crippen LogP contribution in [0.5, 0.6) is 5.75 Å². The summed E-state index contributed by atoms with van der Waals surface area (Å²) in [5.74, 6) is -54.9.